The number of likely N-dealkylation sites (N-methyl/N-ethyl adjacent to an activating group) is 1. The number of carboxylic acid groups (broad SMARTS) is 1. The molecular weight excluding hydrogens is 226 g/mol. The molecule has 0 aromatic heterocycles. The molecule has 0 aromatic carbocycles. The van der Waals surface area contributed by atoms with Gasteiger partial charge in [-0.1, -0.05) is 0 Å². The summed E-state index contributed by atoms with van der Waals surface area (Å²) in [5, 5.41) is 8.48. The zero-order valence-corrected chi connectivity index (χ0v) is 10.8. The van der Waals surface area contributed by atoms with Crippen LogP contribution < -0.4 is 0 Å². The van der Waals surface area contributed by atoms with Crippen LogP contribution in [0.4, 0.5) is 4.79 Å². The van der Waals surface area contributed by atoms with E-state index < -0.39 is 35.9 Å². The summed E-state index contributed by atoms with van der Waals surface area (Å²) >= 11 is 0. The summed E-state index contributed by atoms with van der Waals surface area (Å²) in [6.45, 7) is 6.60. The summed E-state index contributed by atoms with van der Waals surface area (Å²) in [5.41, 5.74) is -0.652. The zero-order valence-electron chi connectivity index (χ0n) is 10.8. The molecule has 6 nitrogen and oxygen atoms in total. The van der Waals surface area contributed by atoms with Gasteiger partial charge in [-0.05, 0) is 27.7 Å². The van der Waals surface area contributed by atoms with Crippen molar-refractivity contribution < 1.29 is 24.2 Å². The standard InChI is InChI=1S/C11H19NO5/c1-7(8(13)6-9(14)15)12(5)10(16)17-11(2,3)4/h7H,6H2,1-5H3,(H,14,15). The molecule has 1 atom stereocenters. The first kappa shape index (κ1) is 15.4. The second-order valence-electron chi connectivity index (χ2n) is 4.80. The molecule has 0 saturated carbocycles. The zero-order chi connectivity index (χ0) is 13.8. The summed E-state index contributed by atoms with van der Waals surface area (Å²) in [6.07, 6.45) is -1.25. The summed E-state index contributed by atoms with van der Waals surface area (Å²) < 4.78 is 5.06. The lowest BCUT2D eigenvalue weighted by atomic mass is 10.1. The lowest BCUT2D eigenvalue weighted by molar-refractivity contribution is -0.141. The van der Waals surface area contributed by atoms with Crippen LogP contribution in [0.15, 0.2) is 0 Å². The summed E-state index contributed by atoms with van der Waals surface area (Å²) in [7, 11) is 1.40. The van der Waals surface area contributed by atoms with Crippen LogP contribution in [0.3, 0.4) is 0 Å². The highest BCUT2D eigenvalue weighted by Gasteiger charge is 2.27. The number of carbonyl (C=O) groups excluding carboxylic acids is 2. The SMILES string of the molecule is CC(C(=O)CC(=O)O)N(C)C(=O)OC(C)(C)C. The summed E-state index contributed by atoms with van der Waals surface area (Å²) in [6, 6.07) is -0.819. The Balaban J connectivity index is 4.49. The van der Waals surface area contributed by atoms with E-state index in [0.717, 1.165) is 4.90 Å². The Labute approximate surface area is 101 Å². The predicted octanol–water partition coefficient (Wildman–Crippen LogP) is 1.29. The Morgan fingerprint density at radius 3 is 2.12 bits per heavy atom. The van der Waals surface area contributed by atoms with Crippen molar-refractivity contribution in [3.63, 3.8) is 0 Å². The second-order valence-corrected chi connectivity index (χ2v) is 4.80. The number of carboxylic acids is 1. The average Bonchev–Trinajstić information content (AvgIpc) is 2.11. The van der Waals surface area contributed by atoms with E-state index in [1.54, 1.807) is 20.8 Å². The molecule has 0 radical (unpaired) electrons. The number of Topliss-reactive ketones (excluding diaryl/α,β-unsaturated/α-hetero) is 1. The molecule has 98 valence electrons. The van der Waals surface area contributed by atoms with Gasteiger partial charge in [-0.25, -0.2) is 4.79 Å². The molecule has 0 aliphatic carbocycles. The number of amides is 1. The van der Waals surface area contributed by atoms with Crippen LogP contribution in [0.1, 0.15) is 34.1 Å². The Morgan fingerprint density at radius 2 is 1.76 bits per heavy atom. The minimum absolute atomic E-state index is 0.536. The monoisotopic (exact) mass is 245 g/mol. The molecule has 0 heterocycles. The second kappa shape index (κ2) is 5.65. The van der Waals surface area contributed by atoms with Gasteiger partial charge in [-0.3, -0.25) is 9.59 Å². The van der Waals surface area contributed by atoms with E-state index in [4.69, 9.17) is 9.84 Å². The van der Waals surface area contributed by atoms with E-state index in [2.05, 4.69) is 0 Å². The van der Waals surface area contributed by atoms with Crippen molar-refractivity contribution in [3.05, 3.63) is 0 Å². The molecule has 0 aromatic rings. The Bertz CT molecular complexity index is 318. The van der Waals surface area contributed by atoms with Gasteiger partial charge in [-0.2, -0.15) is 0 Å². The Morgan fingerprint density at radius 1 is 1.29 bits per heavy atom. The van der Waals surface area contributed by atoms with Crippen LogP contribution in [-0.2, 0) is 14.3 Å². The molecule has 0 saturated heterocycles. The fourth-order valence-corrected chi connectivity index (χ4v) is 1.00. The van der Waals surface area contributed by atoms with Crippen LogP contribution in [0.25, 0.3) is 0 Å². The highest BCUT2D eigenvalue weighted by atomic mass is 16.6. The molecular formula is C11H19NO5. The molecule has 1 unspecified atom stereocenters. The molecule has 0 spiro atoms. The van der Waals surface area contributed by atoms with Gasteiger partial charge in [0.2, 0.25) is 0 Å². The highest BCUT2D eigenvalue weighted by molar-refractivity contribution is 5.98. The molecule has 0 bridgehead atoms. The van der Waals surface area contributed by atoms with Crippen molar-refractivity contribution in [2.75, 3.05) is 7.05 Å². The number of hydrogen-bond donors (Lipinski definition) is 1. The van der Waals surface area contributed by atoms with Crippen LogP contribution >= 0.6 is 0 Å². The normalized spacial score (nSPS) is 12.8. The fourth-order valence-electron chi connectivity index (χ4n) is 1.00. The van der Waals surface area contributed by atoms with Crippen molar-refractivity contribution in [1.82, 2.24) is 4.90 Å². The van der Waals surface area contributed by atoms with Gasteiger partial charge < -0.3 is 14.7 Å². The number of carbonyl (C=O) groups is 3. The lowest BCUT2D eigenvalue weighted by Crippen LogP contribution is -2.43. The van der Waals surface area contributed by atoms with Gasteiger partial charge in [0.15, 0.2) is 5.78 Å². The average molecular weight is 245 g/mol. The topological polar surface area (TPSA) is 83.9 Å². The minimum atomic E-state index is -1.21. The van der Waals surface area contributed by atoms with Crippen molar-refractivity contribution in [1.29, 1.82) is 0 Å². The number of nitrogens with zero attached hydrogens (tertiary/aromatic N) is 1. The molecule has 6 heteroatoms. The van der Waals surface area contributed by atoms with E-state index in [1.165, 1.54) is 14.0 Å². The maximum atomic E-state index is 11.6. The van der Waals surface area contributed by atoms with Crippen LogP contribution in [0.2, 0.25) is 0 Å². The Kier molecular flexibility index (Phi) is 5.12. The van der Waals surface area contributed by atoms with Crippen molar-refractivity contribution in [2.45, 2.75) is 45.8 Å². The van der Waals surface area contributed by atoms with E-state index in [-0.39, 0.29) is 0 Å². The molecule has 0 aliphatic heterocycles. The van der Waals surface area contributed by atoms with Gasteiger partial charge in [-0.15, -0.1) is 0 Å². The molecule has 1 N–H and O–H groups in total. The van der Waals surface area contributed by atoms with E-state index in [1.807, 2.05) is 0 Å². The third-order valence-electron chi connectivity index (χ3n) is 2.05. The predicted molar refractivity (Wildman–Crippen MR) is 60.7 cm³/mol. The van der Waals surface area contributed by atoms with Gasteiger partial charge in [0, 0.05) is 7.05 Å². The first-order valence-corrected chi connectivity index (χ1v) is 5.25. The number of rotatable bonds is 4. The maximum absolute atomic E-state index is 11.6. The largest absolute Gasteiger partial charge is 0.481 e. The quantitative estimate of drug-likeness (QED) is 0.754. The van der Waals surface area contributed by atoms with Gasteiger partial charge >= 0.3 is 12.1 Å². The molecule has 0 fully saturated rings. The Hall–Kier alpha value is -1.59. The van der Waals surface area contributed by atoms with E-state index in [9.17, 15) is 14.4 Å². The summed E-state index contributed by atoms with van der Waals surface area (Å²) in [5.74, 6) is -1.75. The molecule has 0 aliphatic rings. The molecule has 1 amide bonds. The van der Waals surface area contributed by atoms with Gasteiger partial charge in [0.1, 0.15) is 12.0 Å². The lowest BCUT2D eigenvalue weighted by Gasteiger charge is -2.27. The highest BCUT2D eigenvalue weighted by Crippen LogP contribution is 2.11. The number of aliphatic carboxylic acids is 1. The smallest absolute Gasteiger partial charge is 0.410 e. The minimum Gasteiger partial charge on any atom is -0.481 e. The fraction of sp³-hybridized carbons (Fsp3) is 0.727. The first-order chi connectivity index (χ1) is 7.54. The van der Waals surface area contributed by atoms with E-state index >= 15 is 0 Å². The first-order valence-electron chi connectivity index (χ1n) is 5.25. The van der Waals surface area contributed by atoms with Crippen LogP contribution in [0.5, 0.6) is 0 Å². The van der Waals surface area contributed by atoms with Gasteiger partial charge in [0.05, 0.1) is 6.04 Å². The maximum Gasteiger partial charge on any atom is 0.410 e. The third-order valence-corrected chi connectivity index (χ3v) is 2.05. The van der Waals surface area contributed by atoms with Crippen LogP contribution in [0, 0.1) is 0 Å². The van der Waals surface area contributed by atoms with E-state index in [0.29, 0.717) is 0 Å². The van der Waals surface area contributed by atoms with Crippen molar-refractivity contribution in [3.8, 4) is 0 Å². The molecule has 17 heavy (non-hydrogen) atoms. The number of hydrogen-bond acceptors (Lipinski definition) is 4. The van der Waals surface area contributed by atoms with Crippen molar-refractivity contribution in [2.24, 2.45) is 0 Å². The number of ether oxygens (including phenoxy) is 1. The van der Waals surface area contributed by atoms with Gasteiger partial charge in [0.25, 0.3) is 0 Å². The van der Waals surface area contributed by atoms with Crippen molar-refractivity contribution >= 4 is 17.8 Å². The third kappa shape index (κ3) is 5.89. The summed E-state index contributed by atoms with van der Waals surface area (Å²) in [4.78, 5) is 34.5. The number of ketones is 1. The molecule has 0 rings (SSSR count). The van der Waals surface area contributed by atoms with Crippen LogP contribution in [-0.4, -0.2) is 46.5 Å².